The van der Waals surface area contributed by atoms with Crippen LogP contribution >= 0.6 is 0 Å². The molecule has 2 rings (SSSR count). The molecule has 2 heterocycles. The first kappa shape index (κ1) is 14.1. The lowest BCUT2D eigenvalue weighted by Gasteiger charge is -2.37. The van der Waals surface area contributed by atoms with Crippen LogP contribution in [0.3, 0.4) is 0 Å². The molecule has 106 valence electrons. The third-order valence-corrected chi connectivity index (χ3v) is 3.94. The van der Waals surface area contributed by atoms with E-state index < -0.39 is 0 Å². The predicted molar refractivity (Wildman–Crippen MR) is 79.9 cm³/mol. The number of hydrogen-bond acceptors (Lipinski definition) is 5. The third kappa shape index (κ3) is 2.97. The maximum Gasteiger partial charge on any atom is 0.137 e. The van der Waals surface area contributed by atoms with E-state index in [4.69, 9.17) is 0 Å². The summed E-state index contributed by atoms with van der Waals surface area (Å²) in [5.41, 5.74) is 1.23. The number of nitrogens with one attached hydrogen (secondary N) is 1. The lowest BCUT2D eigenvalue weighted by Crippen LogP contribution is -2.45. The lowest BCUT2D eigenvalue weighted by atomic mass is 10.0. The van der Waals surface area contributed by atoms with Gasteiger partial charge in [-0.05, 0) is 33.4 Å². The first-order valence-electron chi connectivity index (χ1n) is 7.10. The van der Waals surface area contributed by atoms with Gasteiger partial charge in [0.2, 0.25) is 0 Å². The molecule has 0 bridgehead atoms. The number of likely N-dealkylation sites (N-methyl/N-ethyl adjacent to an activating group) is 1. The van der Waals surface area contributed by atoms with Gasteiger partial charge < -0.3 is 15.1 Å². The van der Waals surface area contributed by atoms with Gasteiger partial charge in [-0.25, -0.2) is 9.97 Å². The fourth-order valence-electron chi connectivity index (χ4n) is 2.79. The molecule has 5 nitrogen and oxygen atoms in total. The molecule has 0 amide bonds. The first-order valence-corrected chi connectivity index (χ1v) is 7.10. The molecule has 0 radical (unpaired) electrons. The van der Waals surface area contributed by atoms with Crippen LogP contribution in [-0.2, 0) is 6.42 Å². The molecule has 1 fully saturated rings. The fraction of sp³-hybridized carbons (Fsp3) is 0.714. The molecule has 0 aliphatic carbocycles. The van der Waals surface area contributed by atoms with Gasteiger partial charge in [0, 0.05) is 31.7 Å². The van der Waals surface area contributed by atoms with Crippen LogP contribution in [0, 0.1) is 0 Å². The van der Waals surface area contributed by atoms with Gasteiger partial charge in [-0.1, -0.05) is 6.92 Å². The highest BCUT2D eigenvalue weighted by atomic mass is 15.2. The van der Waals surface area contributed by atoms with Crippen LogP contribution in [0.15, 0.2) is 6.33 Å². The quantitative estimate of drug-likeness (QED) is 0.894. The van der Waals surface area contributed by atoms with Gasteiger partial charge >= 0.3 is 0 Å². The SMILES string of the molecule is CCc1c(NC)ncnc1N1CCCC(N(C)C)C1. The van der Waals surface area contributed by atoms with Crippen molar-refractivity contribution in [1.29, 1.82) is 0 Å². The molecule has 0 saturated carbocycles. The summed E-state index contributed by atoms with van der Waals surface area (Å²) in [4.78, 5) is 13.6. The molecule has 5 heteroatoms. The molecule has 0 aromatic carbocycles. The second kappa shape index (κ2) is 6.19. The van der Waals surface area contributed by atoms with Crippen LogP contribution < -0.4 is 10.2 Å². The van der Waals surface area contributed by atoms with E-state index in [1.54, 1.807) is 6.33 Å². The van der Waals surface area contributed by atoms with Gasteiger partial charge in [0.1, 0.15) is 18.0 Å². The smallest absolute Gasteiger partial charge is 0.137 e. The van der Waals surface area contributed by atoms with Gasteiger partial charge in [-0.3, -0.25) is 0 Å². The van der Waals surface area contributed by atoms with Crippen molar-refractivity contribution < 1.29 is 0 Å². The van der Waals surface area contributed by atoms with Crippen molar-refractivity contribution in [1.82, 2.24) is 14.9 Å². The summed E-state index contributed by atoms with van der Waals surface area (Å²) in [5, 5.41) is 3.17. The Kier molecular flexibility index (Phi) is 4.58. The third-order valence-electron chi connectivity index (χ3n) is 3.94. The van der Waals surface area contributed by atoms with Gasteiger partial charge in [0.25, 0.3) is 0 Å². The number of piperidine rings is 1. The molecule has 1 unspecified atom stereocenters. The summed E-state index contributed by atoms with van der Waals surface area (Å²) < 4.78 is 0. The zero-order valence-electron chi connectivity index (χ0n) is 12.5. The monoisotopic (exact) mass is 263 g/mol. The summed E-state index contributed by atoms with van der Waals surface area (Å²) >= 11 is 0. The standard InChI is InChI=1S/C14H25N5/c1-5-12-13(15-2)16-10-17-14(12)19-8-6-7-11(9-19)18(3)4/h10-11H,5-9H2,1-4H3,(H,15,16,17). The van der Waals surface area contributed by atoms with Crippen molar-refractivity contribution in [3.05, 3.63) is 11.9 Å². The van der Waals surface area contributed by atoms with E-state index in [0.29, 0.717) is 6.04 Å². The summed E-state index contributed by atoms with van der Waals surface area (Å²) in [6, 6.07) is 0.617. The molecule has 1 aromatic heterocycles. The topological polar surface area (TPSA) is 44.3 Å². The zero-order valence-corrected chi connectivity index (χ0v) is 12.5. The highest BCUT2D eigenvalue weighted by molar-refractivity contribution is 5.58. The van der Waals surface area contributed by atoms with Crippen LogP contribution in [0.5, 0.6) is 0 Å². The Morgan fingerprint density at radius 3 is 2.84 bits per heavy atom. The second-order valence-electron chi connectivity index (χ2n) is 5.33. The van der Waals surface area contributed by atoms with Crippen molar-refractivity contribution in [2.24, 2.45) is 0 Å². The Balaban J connectivity index is 2.25. The maximum atomic E-state index is 4.53. The van der Waals surface area contributed by atoms with E-state index in [1.807, 2.05) is 7.05 Å². The van der Waals surface area contributed by atoms with Crippen molar-refractivity contribution in [2.75, 3.05) is 44.4 Å². The van der Waals surface area contributed by atoms with Crippen molar-refractivity contribution in [2.45, 2.75) is 32.2 Å². The average Bonchev–Trinajstić information content (AvgIpc) is 2.46. The number of nitrogens with zero attached hydrogens (tertiary/aromatic N) is 4. The summed E-state index contributed by atoms with van der Waals surface area (Å²) in [5.74, 6) is 2.06. The number of hydrogen-bond donors (Lipinski definition) is 1. The van der Waals surface area contributed by atoms with Crippen molar-refractivity contribution >= 4 is 11.6 Å². The highest BCUT2D eigenvalue weighted by Crippen LogP contribution is 2.27. The summed E-state index contributed by atoms with van der Waals surface area (Å²) in [6.07, 6.45) is 5.12. The minimum Gasteiger partial charge on any atom is -0.373 e. The summed E-state index contributed by atoms with van der Waals surface area (Å²) in [7, 11) is 6.24. The molecule has 1 atom stereocenters. The molecule has 1 aliphatic rings. The number of anilines is 2. The largest absolute Gasteiger partial charge is 0.373 e. The molecule has 1 saturated heterocycles. The molecule has 1 aromatic rings. The van der Waals surface area contributed by atoms with E-state index in [2.05, 4.69) is 46.1 Å². The Morgan fingerprint density at radius 1 is 1.42 bits per heavy atom. The Labute approximate surface area is 116 Å². The van der Waals surface area contributed by atoms with E-state index >= 15 is 0 Å². The number of aromatic nitrogens is 2. The lowest BCUT2D eigenvalue weighted by molar-refractivity contribution is 0.257. The Hall–Kier alpha value is -1.36. The first-order chi connectivity index (χ1) is 9.17. The molecule has 19 heavy (non-hydrogen) atoms. The van der Waals surface area contributed by atoms with Crippen LogP contribution in [0.2, 0.25) is 0 Å². The van der Waals surface area contributed by atoms with Gasteiger partial charge in [-0.15, -0.1) is 0 Å². The molecular formula is C14H25N5. The van der Waals surface area contributed by atoms with E-state index in [1.165, 1.54) is 18.4 Å². The Bertz CT molecular complexity index is 418. The number of rotatable bonds is 4. The summed E-state index contributed by atoms with van der Waals surface area (Å²) in [6.45, 7) is 4.31. The van der Waals surface area contributed by atoms with Gasteiger partial charge in [0.15, 0.2) is 0 Å². The van der Waals surface area contributed by atoms with E-state index in [0.717, 1.165) is 31.1 Å². The minimum absolute atomic E-state index is 0.617. The second-order valence-corrected chi connectivity index (χ2v) is 5.33. The minimum atomic E-state index is 0.617. The van der Waals surface area contributed by atoms with E-state index in [-0.39, 0.29) is 0 Å². The van der Waals surface area contributed by atoms with Crippen LogP contribution in [0.25, 0.3) is 0 Å². The predicted octanol–water partition coefficient (Wildman–Crippen LogP) is 1.61. The fourth-order valence-corrected chi connectivity index (χ4v) is 2.79. The normalized spacial score (nSPS) is 19.8. The Morgan fingerprint density at radius 2 is 2.21 bits per heavy atom. The van der Waals surface area contributed by atoms with Crippen molar-refractivity contribution in [3.8, 4) is 0 Å². The average molecular weight is 263 g/mol. The zero-order chi connectivity index (χ0) is 13.8. The highest BCUT2D eigenvalue weighted by Gasteiger charge is 2.24. The van der Waals surface area contributed by atoms with Crippen LogP contribution in [0.1, 0.15) is 25.3 Å². The molecule has 1 aliphatic heterocycles. The molecule has 1 N–H and O–H groups in total. The van der Waals surface area contributed by atoms with E-state index in [9.17, 15) is 0 Å². The maximum absolute atomic E-state index is 4.53. The van der Waals surface area contributed by atoms with Crippen LogP contribution in [-0.4, -0.2) is 55.1 Å². The van der Waals surface area contributed by atoms with Gasteiger partial charge in [-0.2, -0.15) is 0 Å². The van der Waals surface area contributed by atoms with Crippen molar-refractivity contribution in [3.63, 3.8) is 0 Å². The molecule has 0 spiro atoms. The van der Waals surface area contributed by atoms with Gasteiger partial charge in [0.05, 0.1) is 0 Å². The van der Waals surface area contributed by atoms with Crippen LogP contribution in [0.4, 0.5) is 11.6 Å². The molecular weight excluding hydrogens is 238 g/mol.